The van der Waals surface area contributed by atoms with E-state index in [9.17, 15) is 22.0 Å². The van der Waals surface area contributed by atoms with Crippen molar-refractivity contribution in [3.63, 3.8) is 0 Å². The lowest BCUT2D eigenvalue weighted by Crippen LogP contribution is -2.34. The highest BCUT2D eigenvalue weighted by atomic mass is 35.5. The molecule has 1 heterocycles. The molecule has 0 saturated carbocycles. The minimum atomic E-state index is -4.30. The first-order valence-corrected chi connectivity index (χ1v) is 10.5. The molecule has 2 aromatic carbocycles. The number of carbonyl (C=O) groups excluding carboxylic acids is 1. The molecule has 10 heteroatoms. The third kappa shape index (κ3) is 3.91. The van der Waals surface area contributed by atoms with Gasteiger partial charge in [-0.3, -0.25) is 9.10 Å². The Hall–Kier alpha value is -2.36. The minimum Gasteiger partial charge on any atom is -0.295 e. The van der Waals surface area contributed by atoms with Gasteiger partial charge in [0.05, 0.1) is 16.6 Å². The molecule has 0 bridgehead atoms. The number of anilines is 1. The number of benzene rings is 2. The number of aromatic nitrogens is 1. The van der Waals surface area contributed by atoms with Crippen molar-refractivity contribution in [2.75, 3.05) is 4.31 Å². The summed E-state index contributed by atoms with van der Waals surface area (Å²) in [4.78, 5) is 15.1. The molecule has 5 nitrogen and oxygen atoms in total. The first-order chi connectivity index (χ1) is 13.2. The lowest BCUT2D eigenvalue weighted by Gasteiger charge is -2.30. The van der Waals surface area contributed by atoms with Crippen LogP contribution in [0.15, 0.2) is 53.6 Å². The highest BCUT2D eigenvalue weighted by Crippen LogP contribution is 2.37. The number of aldehydes is 1. The zero-order valence-corrected chi connectivity index (χ0v) is 16.7. The number of nitrogens with zero attached hydrogens (tertiary/aromatic N) is 2. The van der Waals surface area contributed by atoms with Crippen LogP contribution in [0.5, 0.6) is 0 Å². The van der Waals surface area contributed by atoms with Gasteiger partial charge >= 0.3 is 0 Å². The van der Waals surface area contributed by atoms with Crippen LogP contribution in [0.2, 0.25) is 5.02 Å². The van der Waals surface area contributed by atoms with Crippen LogP contribution in [0, 0.1) is 11.6 Å². The van der Waals surface area contributed by atoms with E-state index in [0.717, 1.165) is 33.8 Å². The van der Waals surface area contributed by atoms with E-state index in [1.807, 2.05) is 0 Å². The summed E-state index contributed by atoms with van der Waals surface area (Å²) in [6.07, 6.45) is 1.86. The molecule has 3 rings (SSSR count). The van der Waals surface area contributed by atoms with Crippen molar-refractivity contribution in [3.05, 3.63) is 75.2 Å². The maximum Gasteiger partial charge on any atom is 0.264 e. The quantitative estimate of drug-likeness (QED) is 0.512. The van der Waals surface area contributed by atoms with Crippen LogP contribution in [0.3, 0.4) is 0 Å². The van der Waals surface area contributed by atoms with Gasteiger partial charge in [-0.15, -0.1) is 11.3 Å². The summed E-state index contributed by atoms with van der Waals surface area (Å²) in [5.74, 6) is -1.70. The maximum atomic E-state index is 14.5. The van der Waals surface area contributed by atoms with Crippen LogP contribution in [0.1, 0.15) is 27.6 Å². The van der Waals surface area contributed by atoms with Gasteiger partial charge in [-0.25, -0.2) is 22.2 Å². The van der Waals surface area contributed by atoms with Gasteiger partial charge in [0.2, 0.25) is 0 Å². The Morgan fingerprint density at radius 3 is 2.46 bits per heavy atom. The summed E-state index contributed by atoms with van der Waals surface area (Å²) in [5.41, 5.74) is -0.455. The van der Waals surface area contributed by atoms with Crippen LogP contribution in [-0.2, 0) is 10.0 Å². The Labute approximate surface area is 169 Å². The van der Waals surface area contributed by atoms with E-state index in [2.05, 4.69) is 4.98 Å². The van der Waals surface area contributed by atoms with Crippen molar-refractivity contribution in [1.29, 1.82) is 0 Å². The van der Waals surface area contributed by atoms with E-state index in [1.165, 1.54) is 37.4 Å². The molecule has 0 N–H and O–H groups in total. The topological polar surface area (TPSA) is 67.3 Å². The number of hydrogen-bond acceptors (Lipinski definition) is 5. The first kappa shape index (κ1) is 20.4. The van der Waals surface area contributed by atoms with Crippen LogP contribution in [-0.4, -0.2) is 19.7 Å². The molecule has 146 valence electrons. The van der Waals surface area contributed by atoms with E-state index in [0.29, 0.717) is 16.2 Å². The predicted molar refractivity (Wildman–Crippen MR) is 103 cm³/mol. The molecule has 3 aromatic rings. The number of hydrogen-bond donors (Lipinski definition) is 0. The summed E-state index contributed by atoms with van der Waals surface area (Å²) in [6.45, 7) is 1.50. The largest absolute Gasteiger partial charge is 0.295 e. The monoisotopic (exact) mass is 442 g/mol. The third-order valence-electron chi connectivity index (χ3n) is 3.92. The van der Waals surface area contributed by atoms with Gasteiger partial charge in [-0.05, 0) is 43.3 Å². The van der Waals surface area contributed by atoms with Gasteiger partial charge in [-0.1, -0.05) is 11.6 Å². The van der Waals surface area contributed by atoms with Crippen LogP contribution in [0.25, 0.3) is 0 Å². The molecule has 0 aliphatic rings. The van der Waals surface area contributed by atoms with E-state index in [4.69, 9.17) is 11.6 Å². The van der Waals surface area contributed by atoms with E-state index < -0.39 is 33.4 Å². The van der Waals surface area contributed by atoms with Gasteiger partial charge in [0, 0.05) is 22.2 Å². The van der Waals surface area contributed by atoms with Gasteiger partial charge in [0.25, 0.3) is 10.0 Å². The zero-order chi connectivity index (χ0) is 20.5. The van der Waals surface area contributed by atoms with Gasteiger partial charge in [0.15, 0.2) is 11.3 Å². The zero-order valence-electron chi connectivity index (χ0n) is 14.3. The molecule has 1 atom stereocenters. The summed E-state index contributed by atoms with van der Waals surface area (Å²) in [6, 6.07) is 6.92. The van der Waals surface area contributed by atoms with Crippen LogP contribution < -0.4 is 4.31 Å². The molecule has 0 spiro atoms. The summed E-state index contributed by atoms with van der Waals surface area (Å²) in [7, 11) is -4.30. The fraction of sp³-hybridized carbons (Fsp3) is 0.111. The van der Waals surface area contributed by atoms with Crippen LogP contribution >= 0.6 is 22.9 Å². The Morgan fingerprint density at radius 1 is 1.18 bits per heavy atom. The van der Waals surface area contributed by atoms with Crippen molar-refractivity contribution < 1.29 is 22.0 Å². The lowest BCUT2D eigenvalue weighted by molar-refractivity contribution is 0.112. The highest BCUT2D eigenvalue weighted by molar-refractivity contribution is 7.92. The molecular formula is C18H13ClF2N2O3S2. The van der Waals surface area contributed by atoms with Crippen LogP contribution in [0.4, 0.5) is 14.5 Å². The second-order valence-corrected chi connectivity index (χ2v) is 9.09. The molecule has 0 aliphatic heterocycles. The first-order valence-electron chi connectivity index (χ1n) is 7.90. The van der Waals surface area contributed by atoms with Crippen molar-refractivity contribution in [1.82, 2.24) is 4.98 Å². The van der Waals surface area contributed by atoms with Crippen molar-refractivity contribution in [3.8, 4) is 0 Å². The highest BCUT2D eigenvalue weighted by Gasteiger charge is 2.33. The van der Waals surface area contributed by atoms with Crippen molar-refractivity contribution >= 4 is 44.9 Å². The molecular weight excluding hydrogens is 430 g/mol. The van der Waals surface area contributed by atoms with E-state index in [1.54, 1.807) is 0 Å². The molecule has 0 fully saturated rings. The third-order valence-corrected chi connectivity index (χ3v) is 7.17. The fourth-order valence-corrected chi connectivity index (χ4v) is 5.19. The Morgan fingerprint density at radius 2 is 1.86 bits per heavy atom. The molecule has 0 amide bonds. The molecule has 0 aliphatic carbocycles. The summed E-state index contributed by atoms with van der Waals surface area (Å²) in [5, 5.41) is 0.471. The number of halogens is 3. The Kier molecular flexibility index (Phi) is 5.78. The molecule has 0 saturated heterocycles. The average molecular weight is 443 g/mol. The Bertz CT molecular complexity index is 1120. The minimum absolute atomic E-state index is 0.144. The number of rotatable bonds is 6. The van der Waals surface area contributed by atoms with E-state index in [-0.39, 0.29) is 9.90 Å². The molecule has 1 aromatic heterocycles. The smallest absolute Gasteiger partial charge is 0.264 e. The summed E-state index contributed by atoms with van der Waals surface area (Å²) >= 11 is 6.79. The van der Waals surface area contributed by atoms with Crippen molar-refractivity contribution in [2.24, 2.45) is 0 Å². The standard InChI is InChI=1S/C18H13ClF2N2O3S2/c1-11(17-9-22-18(10-24)27-17)23(16-8-13(20)4-7-15(16)21)28(25,26)14-5-2-12(19)3-6-14/h2-11H,1H3. The van der Waals surface area contributed by atoms with Gasteiger partial charge in [-0.2, -0.15) is 0 Å². The lowest BCUT2D eigenvalue weighted by atomic mass is 10.2. The van der Waals surface area contributed by atoms with E-state index >= 15 is 0 Å². The maximum absolute atomic E-state index is 14.5. The number of sulfonamides is 1. The average Bonchev–Trinajstić information content (AvgIpc) is 3.14. The molecule has 0 radical (unpaired) electrons. The SMILES string of the molecule is CC(c1cnc(C=O)s1)N(c1cc(F)ccc1F)S(=O)(=O)c1ccc(Cl)cc1. The number of thiazole rings is 1. The number of carbonyl (C=O) groups is 1. The molecule has 28 heavy (non-hydrogen) atoms. The predicted octanol–water partition coefficient (Wildman–Crippen LogP) is 4.84. The summed E-state index contributed by atoms with van der Waals surface area (Å²) < 4.78 is 55.7. The normalized spacial score (nSPS) is 12.6. The second-order valence-electron chi connectivity index (χ2n) is 5.75. The fourth-order valence-electron chi connectivity index (χ4n) is 2.58. The molecule has 1 unspecified atom stereocenters. The van der Waals surface area contributed by atoms with Gasteiger partial charge < -0.3 is 0 Å². The van der Waals surface area contributed by atoms with Crippen molar-refractivity contribution in [2.45, 2.75) is 17.9 Å². The Balaban J connectivity index is 2.20. The second kappa shape index (κ2) is 7.94. The van der Waals surface area contributed by atoms with Gasteiger partial charge in [0.1, 0.15) is 11.6 Å².